The van der Waals surface area contributed by atoms with Gasteiger partial charge in [-0.3, -0.25) is 0 Å². The van der Waals surface area contributed by atoms with Crippen LogP contribution in [0.2, 0.25) is 0 Å². The van der Waals surface area contributed by atoms with Crippen LogP contribution < -0.4 is 10.5 Å². The molecule has 0 amide bonds. The zero-order valence-electron chi connectivity index (χ0n) is 9.21. The first kappa shape index (κ1) is 10.9. The zero-order chi connectivity index (χ0) is 10.6. The van der Waals surface area contributed by atoms with Gasteiger partial charge in [-0.1, -0.05) is 19.9 Å². The maximum Gasteiger partial charge on any atom is 0.124 e. The molecule has 2 nitrogen and oxygen atoms in total. The van der Waals surface area contributed by atoms with Crippen LogP contribution in [0, 0.1) is 6.92 Å². The number of hydrogen-bond acceptors (Lipinski definition) is 2. The van der Waals surface area contributed by atoms with E-state index in [1.54, 1.807) is 0 Å². The van der Waals surface area contributed by atoms with E-state index in [-0.39, 0.29) is 0 Å². The first-order valence-electron chi connectivity index (χ1n) is 5.20. The predicted molar refractivity (Wildman–Crippen MR) is 60.6 cm³/mol. The van der Waals surface area contributed by atoms with Crippen LogP contribution in [0.4, 0.5) is 5.69 Å². The van der Waals surface area contributed by atoms with Gasteiger partial charge in [0.25, 0.3) is 0 Å². The van der Waals surface area contributed by atoms with Gasteiger partial charge in [-0.15, -0.1) is 0 Å². The number of nitrogens with two attached hydrogens (primary N) is 1. The summed E-state index contributed by atoms with van der Waals surface area (Å²) >= 11 is 0. The molecule has 0 fully saturated rings. The van der Waals surface area contributed by atoms with Crippen LogP contribution in [0.15, 0.2) is 18.2 Å². The molecule has 0 saturated heterocycles. The van der Waals surface area contributed by atoms with E-state index in [2.05, 4.69) is 13.8 Å². The minimum Gasteiger partial charge on any atom is -0.490 e. The number of aryl methyl sites for hydroxylation is 1. The van der Waals surface area contributed by atoms with E-state index in [9.17, 15) is 0 Å². The molecule has 0 aliphatic rings. The summed E-state index contributed by atoms with van der Waals surface area (Å²) < 4.78 is 5.84. The second-order valence-corrected chi connectivity index (χ2v) is 3.58. The Bertz CT molecular complexity index is 292. The van der Waals surface area contributed by atoms with Gasteiger partial charge >= 0.3 is 0 Å². The minimum atomic E-state index is 0.301. The molecule has 2 heteroatoms. The van der Waals surface area contributed by atoms with E-state index in [4.69, 9.17) is 10.5 Å². The largest absolute Gasteiger partial charge is 0.490 e. The number of anilines is 1. The second-order valence-electron chi connectivity index (χ2n) is 3.58. The Morgan fingerprint density at radius 3 is 2.50 bits per heavy atom. The number of nitrogen functional groups attached to an aromatic ring is 1. The molecule has 0 atom stereocenters. The van der Waals surface area contributed by atoms with Gasteiger partial charge < -0.3 is 10.5 Å². The predicted octanol–water partition coefficient (Wildman–Crippen LogP) is 3.14. The Labute approximate surface area is 86.1 Å². The van der Waals surface area contributed by atoms with Crippen LogP contribution in [0.25, 0.3) is 0 Å². The SMILES string of the molecule is CCC(CC)Oc1cc(N)ccc1C. The summed E-state index contributed by atoms with van der Waals surface area (Å²) in [5.74, 6) is 0.915. The molecule has 0 saturated carbocycles. The van der Waals surface area contributed by atoms with E-state index >= 15 is 0 Å². The molecular weight excluding hydrogens is 174 g/mol. The molecule has 0 heterocycles. The number of ether oxygens (including phenoxy) is 1. The van der Waals surface area contributed by atoms with Gasteiger partial charge in [0.15, 0.2) is 0 Å². The summed E-state index contributed by atoms with van der Waals surface area (Å²) in [6.07, 6.45) is 2.37. The monoisotopic (exact) mass is 193 g/mol. The van der Waals surface area contributed by atoms with Crippen molar-refractivity contribution < 1.29 is 4.74 Å². The molecule has 14 heavy (non-hydrogen) atoms. The smallest absolute Gasteiger partial charge is 0.124 e. The number of benzene rings is 1. The maximum absolute atomic E-state index is 5.84. The zero-order valence-corrected chi connectivity index (χ0v) is 9.21. The Kier molecular flexibility index (Phi) is 3.81. The van der Waals surface area contributed by atoms with Crippen molar-refractivity contribution in [3.63, 3.8) is 0 Å². The number of hydrogen-bond donors (Lipinski definition) is 1. The molecule has 0 radical (unpaired) electrons. The van der Waals surface area contributed by atoms with Crippen LogP contribution in [0.1, 0.15) is 32.3 Å². The van der Waals surface area contributed by atoms with Gasteiger partial charge in [0.05, 0.1) is 6.10 Å². The van der Waals surface area contributed by atoms with E-state index in [0.717, 1.165) is 29.8 Å². The van der Waals surface area contributed by atoms with Gasteiger partial charge in [-0.05, 0) is 31.4 Å². The molecule has 1 aromatic carbocycles. The van der Waals surface area contributed by atoms with Crippen LogP contribution in [-0.4, -0.2) is 6.10 Å². The third-order valence-corrected chi connectivity index (χ3v) is 2.42. The average Bonchev–Trinajstić information content (AvgIpc) is 2.19. The van der Waals surface area contributed by atoms with Gasteiger partial charge in [-0.2, -0.15) is 0 Å². The van der Waals surface area contributed by atoms with Gasteiger partial charge in [-0.25, -0.2) is 0 Å². The van der Waals surface area contributed by atoms with Gasteiger partial charge in [0.2, 0.25) is 0 Å². The van der Waals surface area contributed by atoms with Crippen molar-refractivity contribution in [2.75, 3.05) is 5.73 Å². The van der Waals surface area contributed by atoms with Crippen LogP contribution >= 0.6 is 0 Å². The lowest BCUT2D eigenvalue weighted by Gasteiger charge is -2.17. The fraction of sp³-hybridized carbons (Fsp3) is 0.500. The average molecular weight is 193 g/mol. The molecule has 78 valence electrons. The summed E-state index contributed by atoms with van der Waals surface area (Å²) in [6, 6.07) is 5.79. The molecule has 1 rings (SSSR count). The van der Waals surface area contributed by atoms with Crippen LogP contribution in [0.3, 0.4) is 0 Å². The normalized spacial score (nSPS) is 10.6. The summed E-state index contributed by atoms with van der Waals surface area (Å²) in [5, 5.41) is 0. The molecule has 0 spiro atoms. The van der Waals surface area contributed by atoms with E-state index in [1.165, 1.54) is 0 Å². The minimum absolute atomic E-state index is 0.301. The Hall–Kier alpha value is -1.18. The molecule has 0 unspecified atom stereocenters. The summed E-state index contributed by atoms with van der Waals surface area (Å²) in [7, 11) is 0. The van der Waals surface area contributed by atoms with E-state index in [1.807, 2.05) is 25.1 Å². The highest BCUT2D eigenvalue weighted by Crippen LogP contribution is 2.23. The Balaban J connectivity index is 2.79. The molecular formula is C12H19NO. The van der Waals surface area contributed by atoms with Crippen molar-refractivity contribution in [1.82, 2.24) is 0 Å². The quantitative estimate of drug-likeness (QED) is 0.745. The molecule has 2 N–H and O–H groups in total. The van der Waals surface area contributed by atoms with Crippen molar-refractivity contribution in [2.24, 2.45) is 0 Å². The lowest BCUT2D eigenvalue weighted by atomic mass is 10.2. The maximum atomic E-state index is 5.84. The number of rotatable bonds is 4. The van der Waals surface area contributed by atoms with Gasteiger partial charge in [0, 0.05) is 11.8 Å². The highest BCUT2D eigenvalue weighted by atomic mass is 16.5. The Morgan fingerprint density at radius 2 is 1.93 bits per heavy atom. The lowest BCUT2D eigenvalue weighted by molar-refractivity contribution is 0.191. The Morgan fingerprint density at radius 1 is 1.29 bits per heavy atom. The fourth-order valence-electron chi connectivity index (χ4n) is 1.38. The second kappa shape index (κ2) is 4.89. The molecule has 0 aromatic heterocycles. The fourth-order valence-corrected chi connectivity index (χ4v) is 1.38. The van der Waals surface area contributed by atoms with Crippen molar-refractivity contribution in [3.8, 4) is 5.75 Å². The third kappa shape index (κ3) is 2.66. The van der Waals surface area contributed by atoms with Gasteiger partial charge in [0.1, 0.15) is 5.75 Å². The van der Waals surface area contributed by atoms with E-state index < -0.39 is 0 Å². The standard InChI is InChI=1S/C12H19NO/c1-4-11(5-2)14-12-8-10(13)7-6-9(12)3/h6-8,11H,4-5,13H2,1-3H3. The van der Waals surface area contributed by atoms with Crippen molar-refractivity contribution in [3.05, 3.63) is 23.8 Å². The third-order valence-electron chi connectivity index (χ3n) is 2.42. The van der Waals surface area contributed by atoms with Crippen molar-refractivity contribution in [1.29, 1.82) is 0 Å². The lowest BCUT2D eigenvalue weighted by Crippen LogP contribution is -2.14. The van der Waals surface area contributed by atoms with E-state index in [0.29, 0.717) is 6.10 Å². The van der Waals surface area contributed by atoms with Crippen molar-refractivity contribution in [2.45, 2.75) is 39.7 Å². The first-order chi connectivity index (χ1) is 6.67. The summed E-state index contributed by atoms with van der Waals surface area (Å²) in [6.45, 7) is 6.31. The summed E-state index contributed by atoms with van der Waals surface area (Å²) in [4.78, 5) is 0. The molecule has 0 bridgehead atoms. The first-order valence-corrected chi connectivity index (χ1v) is 5.20. The van der Waals surface area contributed by atoms with Crippen molar-refractivity contribution >= 4 is 5.69 Å². The highest BCUT2D eigenvalue weighted by Gasteiger charge is 2.07. The molecule has 0 aliphatic heterocycles. The highest BCUT2D eigenvalue weighted by molar-refractivity contribution is 5.48. The topological polar surface area (TPSA) is 35.2 Å². The summed E-state index contributed by atoms with van der Waals surface area (Å²) in [5.41, 5.74) is 7.61. The molecule has 1 aromatic rings. The van der Waals surface area contributed by atoms with Crippen LogP contribution in [0.5, 0.6) is 5.75 Å². The van der Waals surface area contributed by atoms with Crippen LogP contribution in [-0.2, 0) is 0 Å². The molecule has 0 aliphatic carbocycles.